The zero-order valence-electron chi connectivity index (χ0n) is 13.4. The van der Waals surface area contributed by atoms with Crippen LogP contribution >= 0.6 is 11.3 Å². The minimum atomic E-state index is -3.58. The molecule has 0 aliphatic rings. The van der Waals surface area contributed by atoms with Crippen LogP contribution in [0.4, 0.5) is 0 Å². The number of carbonyl (C=O) groups excluding carboxylic acids is 2. The van der Waals surface area contributed by atoms with Gasteiger partial charge in [0.1, 0.15) is 10.8 Å². The van der Waals surface area contributed by atoms with E-state index in [0.717, 1.165) is 11.3 Å². The fourth-order valence-electron chi connectivity index (χ4n) is 1.87. The summed E-state index contributed by atoms with van der Waals surface area (Å²) in [5.74, 6) is -0.965. The topological polar surface area (TPSA) is 98.8 Å². The summed E-state index contributed by atoms with van der Waals surface area (Å²) in [6, 6.07) is 9.58. The zero-order chi connectivity index (χ0) is 18.3. The van der Waals surface area contributed by atoms with Crippen LogP contribution < -0.4 is 4.72 Å². The molecule has 0 radical (unpaired) electrons. The molecule has 0 amide bonds. The number of carbonyl (C=O) groups is 2. The number of methoxy groups -OCH3 is 1. The van der Waals surface area contributed by atoms with Gasteiger partial charge in [-0.3, -0.25) is 4.79 Å². The van der Waals surface area contributed by atoms with Gasteiger partial charge in [0.15, 0.2) is 0 Å². The number of thiophene rings is 1. The van der Waals surface area contributed by atoms with Gasteiger partial charge in [0.2, 0.25) is 10.0 Å². The molecular weight excluding hydrogens is 366 g/mol. The maximum Gasteiger partial charge on any atom is 0.337 e. The summed E-state index contributed by atoms with van der Waals surface area (Å²) in [6.07, 6.45) is -0.0785. The van der Waals surface area contributed by atoms with Gasteiger partial charge < -0.3 is 9.47 Å². The molecule has 0 aliphatic heterocycles. The zero-order valence-corrected chi connectivity index (χ0v) is 15.1. The normalized spacial score (nSPS) is 11.1. The van der Waals surface area contributed by atoms with Gasteiger partial charge in [0.25, 0.3) is 0 Å². The second-order valence-electron chi connectivity index (χ2n) is 4.93. The van der Waals surface area contributed by atoms with Crippen LogP contribution in [0.1, 0.15) is 22.3 Å². The van der Waals surface area contributed by atoms with Crippen LogP contribution in [-0.4, -0.2) is 34.0 Å². The van der Waals surface area contributed by atoms with Crippen molar-refractivity contribution in [2.75, 3.05) is 13.7 Å². The Morgan fingerprint density at radius 3 is 2.48 bits per heavy atom. The Labute approximate surface area is 149 Å². The van der Waals surface area contributed by atoms with E-state index in [4.69, 9.17) is 4.74 Å². The first-order chi connectivity index (χ1) is 11.9. The fraction of sp³-hybridized carbons (Fsp3) is 0.250. The fourth-order valence-corrected chi connectivity index (χ4v) is 3.94. The van der Waals surface area contributed by atoms with Crippen LogP contribution in [0, 0.1) is 0 Å². The van der Waals surface area contributed by atoms with Crippen molar-refractivity contribution in [3.63, 3.8) is 0 Å². The second-order valence-corrected chi connectivity index (χ2v) is 7.87. The molecule has 1 N–H and O–H groups in total. The van der Waals surface area contributed by atoms with Gasteiger partial charge >= 0.3 is 11.9 Å². The minimum absolute atomic E-state index is 0.0396. The number of rotatable bonds is 8. The monoisotopic (exact) mass is 383 g/mol. The lowest BCUT2D eigenvalue weighted by atomic mass is 10.1. The van der Waals surface area contributed by atoms with Crippen molar-refractivity contribution in [3.05, 3.63) is 52.9 Å². The van der Waals surface area contributed by atoms with Crippen LogP contribution in [0.5, 0.6) is 0 Å². The van der Waals surface area contributed by atoms with Crippen molar-refractivity contribution in [2.45, 2.75) is 17.2 Å². The molecule has 0 bridgehead atoms. The van der Waals surface area contributed by atoms with Gasteiger partial charge in [-0.05, 0) is 29.1 Å². The smallest absolute Gasteiger partial charge is 0.337 e. The Bertz CT molecular complexity index is 813. The first kappa shape index (κ1) is 19.1. The maximum atomic E-state index is 11.9. The molecule has 0 unspecified atom stereocenters. The highest BCUT2D eigenvalue weighted by molar-refractivity contribution is 7.91. The van der Waals surface area contributed by atoms with Crippen molar-refractivity contribution >= 4 is 33.3 Å². The SMILES string of the molecule is COC(=O)c1ccc(COC(=O)CCNS(=O)(=O)c2cccs2)cc1. The maximum absolute atomic E-state index is 11.9. The molecule has 2 aromatic rings. The molecule has 0 atom stereocenters. The molecule has 0 saturated carbocycles. The molecule has 1 heterocycles. The van der Waals surface area contributed by atoms with Gasteiger partial charge in [0.05, 0.1) is 19.1 Å². The third-order valence-corrected chi connectivity index (χ3v) is 6.01. The van der Waals surface area contributed by atoms with Gasteiger partial charge in [-0.25, -0.2) is 17.9 Å². The van der Waals surface area contributed by atoms with Crippen LogP contribution in [0.25, 0.3) is 0 Å². The average Bonchev–Trinajstić information content (AvgIpc) is 3.15. The lowest BCUT2D eigenvalue weighted by molar-refractivity contribution is -0.144. The molecule has 1 aromatic heterocycles. The number of hydrogen-bond acceptors (Lipinski definition) is 7. The summed E-state index contributed by atoms with van der Waals surface area (Å²) < 4.78 is 36.0. The van der Waals surface area contributed by atoms with Crippen LogP contribution in [0.2, 0.25) is 0 Å². The third-order valence-electron chi connectivity index (χ3n) is 3.16. The number of nitrogens with one attached hydrogen (secondary N) is 1. The Morgan fingerprint density at radius 1 is 1.16 bits per heavy atom. The van der Waals surface area contributed by atoms with E-state index < -0.39 is 22.0 Å². The third kappa shape index (κ3) is 5.66. The van der Waals surface area contributed by atoms with Crippen molar-refractivity contribution in [1.29, 1.82) is 0 Å². The number of esters is 2. The Kier molecular flexibility index (Phi) is 6.68. The van der Waals surface area contributed by atoms with Gasteiger partial charge in [-0.1, -0.05) is 18.2 Å². The highest BCUT2D eigenvalue weighted by Crippen LogP contribution is 2.15. The molecule has 2 rings (SSSR count). The Morgan fingerprint density at radius 2 is 1.88 bits per heavy atom. The summed E-state index contributed by atoms with van der Waals surface area (Å²) in [5, 5.41) is 1.66. The summed E-state index contributed by atoms with van der Waals surface area (Å²) in [7, 11) is -2.28. The van der Waals surface area contributed by atoms with Crippen molar-refractivity contribution < 1.29 is 27.5 Å². The van der Waals surface area contributed by atoms with Crippen LogP contribution in [0.15, 0.2) is 46.0 Å². The largest absolute Gasteiger partial charge is 0.465 e. The van der Waals surface area contributed by atoms with Crippen LogP contribution in [0.3, 0.4) is 0 Å². The van der Waals surface area contributed by atoms with Gasteiger partial charge in [-0.15, -0.1) is 11.3 Å². The van der Waals surface area contributed by atoms with E-state index in [2.05, 4.69) is 9.46 Å². The average molecular weight is 383 g/mol. The molecule has 7 nitrogen and oxygen atoms in total. The van der Waals surface area contributed by atoms with E-state index >= 15 is 0 Å². The molecule has 0 saturated heterocycles. The van der Waals surface area contributed by atoms with Crippen molar-refractivity contribution in [1.82, 2.24) is 4.72 Å². The summed E-state index contributed by atoms with van der Waals surface area (Å²) in [6.45, 7) is -0.00168. The van der Waals surface area contributed by atoms with E-state index in [-0.39, 0.29) is 23.8 Å². The second kappa shape index (κ2) is 8.75. The van der Waals surface area contributed by atoms with E-state index in [1.807, 2.05) is 0 Å². The molecule has 9 heteroatoms. The molecule has 25 heavy (non-hydrogen) atoms. The Hall–Kier alpha value is -2.23. The van der Waals surface area contributed by atoms with Crippen molar-refractivity contribution in [3.8, 4) is 0 Å². The first-order valence-electron chi connectivity index (χ1n) is 7.28. The highest BCUT2D eigenvalue weighted by Gasteiger charge is 2.15. The number of ether oxygens (including phenoxy) is 2. The number of sulfonamides is 1. The molecule has 0 fully saturated rings. The molecule has 0 spiro atoms. The number of hydrogen-bond donors (Lipinski definition) is 1. The van der Waals surface area contributed by atoms with E-state index in [0.29, 0.717) is 11.1 Å². The van der Waals surface area contributed by atoms with Crippen molar-refractivity contribution in [2.24, 2.45) is 0 Å². The minimum Gasteiger partial charge on any atom is -0.465 e. The van der Waals surface area contributed by atoms with E-state index in [1.54, 1.807) is 35.7 Å². The quantitative estimate of drug-likeness (QED) is 0.700. The molecule has 0 aliphatic carbocycles. The van der Waals surface area contributed by atoms with Gasteiger partial charge in [0, 0.05) is 6.54 Å². The number of benzene rings is 1. The first-order valence-corrected chi connectivity index (χ1v) is 9.65. The standard InChI is InChI=1S/C16H17NO6S2/c1-22-16(19)13-6-4-12(5-7-13)11-23-14(18)8-9-17-25(20,21)15-3-2-10-24-15/h2-7,10,17H,8-9,11H2,1H3. The summed E-state index contributed by atoms with van der Waals surface area (Å²) >= 11 is 1.10. The molecule has 134 valence electrons. The predicted molar refractivity (Wildman–Crippen MR) is 91.7 cm³/mol. The summed E-state index contributed by atoms with van der Waals surface area (Å²) in [5.41, 5.74) is 1.11. The Balaban J connectivity index is 1.75. The highest BCUT2D eigenvalue weighted by atomic mass is 32.2. The van der Waals surface area contributed by atoms with Gasteiger partial charge in [-0.2, -0.15) is 0 Å². The summed E-state index contributed by atoms with van der Waals surface area (Å²) in [4.78, 5) is 23.0. The molecular formula is C16H17NO6S2. The lowest BCUT2D eigenvalue weighted by Gasteiger charge is -2.07. The molecule has 1 aromatic carbocycles. The predicted octanol–water partition coefficient (Wildman–Crippen LogP) is 1.95. The van der Waals surface area contributed by atoms with E-state index in [1.165, 1.54) is 13.2 Å². The van der Waals surface area contributed by atoms with E-state index in [9.17, 15) is 18.0 Å². The lowest BCUT2D eigenvalue weighted by Crippen LogP contribution is -2.26. The van der Waals surface area contributed by atoms with Crippen LogP contribution in [-0.2, 0) is 30.9 Å².